The van der Waals surface area contributed by atoms with Crippen molar-refractivity contribution in [2.75, 3.05) is 18.0 Å². The van der Waals surface area contributed by atoms with Gasteiger partial charge in [-0.25, -0.2) is 19.2 Å². The Kier molecular flexibility index (Phi) is 11.1. The molecule has 9 atom stereocenters. The van der Waals surface area contributed by atoms with Crippen molar-refractivity contribution >= 4 is 41.6 Å². The number of pyridine rings is 1. The number of carbonyl (C=O) groups excluding carboxylic acids is 6. The second-order valence-corrected chi connectivity index (χ2v) is 19.8. The summed E-state index contributed by atoms with van der Waals surface area (Å²) in [5, 5.41) is 0. The minimum atomic E-state index is -2.21. The maximum atomic E-state index is 14.9. The van der Waals surface area contributed by atoms with E-state index in [9.17, 15) is 28.8 Å². The third-order valence-corrected chi connectivity index (χ3v) is 16.7. The lowest BCUT2D eigenvalue weighted by atomic mass is 9.58. The Morgan fingerprint density at radius 2 is 1.15 bits per heavy atom. The summed E-state index contributed by atoms with van der Waals surface area (Å²) in [6, 6.07) is 25.6. The number of esters is 2. The fourth-order valence-corrected chi connectivity index (χ4v) is 13.7. The minimum Gasteiger partial charge on any atom is -0.375 e. The number of primary amides is 4. The van der Waals surface area contributed by atoms with Gasteiger partial charge in [-0.3, -0.25) is 24.4 Å². The zero-order chi connectivity index (χ0) is 47.8. The van der Waals surface area contributed by atoms with Crippen molar-refractivity contribution < 1.29 is 38.2 Å². The van der Waals surface area contributed by atoms with Crippen LogP contribution in [-0.4, -0.2) is 98.6 Å². The summed E-state index contributed by atoms with van der Waals surface area (Å²) in [4.78, 5) is 94.5. The molecule has 16 nitrogen and oxygen atoms in total. The minimum absolute atomic E-state index is 0.198. The van der Waals surface area contributed by atoms with Crippen LogP contribution in [0.5, 0.6) is 0 Å². The molecule has 4 heterocycles. The van der Waals surface area contributed by atoms with Gasteiger partial charge in [0.2, 0.25) is 11.1 Å². The van der Waals surface area contributed by atoms with Gasteiger partial charge in [-0.1, -0.05) is 87.5 Å². The number of hydrogen-bond acceptors (Lipinski definition) is 12. The first-order valence-electron chi connectivity index (χ1n) is 23.0. The lowest BCUT2D eigenvalue weighted by Crippen LogP contribution is -2.78. The monoisotopic (exact) mass is 910 g/mol. The van der Waals surface area contributed by atoms with E-state index in [0.29, 0.717) is 43.2 Å². The van der Waals surface area contributed by atoms with Crippen molar-refractivity contribution in [2.24, 2.45) is 28.9 Å². The number of amides is 4. The topological polar surface area (TPSA) is 248 Å². The molecular formula is C51H58N8O8. The Bertz CT molecular complexity index is 2650. The van der Waals surface area contributed by atoms with Crippen molar-refractivity contribution in [3.8, 4) is 11.1 Å². The van der Waals surface area contributed by atoms with Crippen LogP contribution in [0, 0.1) is 5.92 Å². The first-order valence-corrected chi connectivity index (χ1v) is 23.0. The Morgan fingerprint density at radius 1 is 0.642 bits per heavy atom. The van der Waals surface area contributed by atoms with E-state index in [2.05, 4.69) is 23.7 Å². The van der Waals surface area contributed by atoms with Gasteiger partial charge >= 0.3 is 24.1 Å². The van der Waals surface area contributed by atoms with Crippen LogP contribution in [0.25, 0.3) is 11.1 Å². The predicted octanol–water partition coefficient (Wildman–Crippen LogP) is 4.37. The fraction of sp³-hybridized carbons (Fsp3) is 0.431. The van der Waals surface area contributed by atoms with Crippen LogP contribution in [0.4, 0.5) is 15.3 Å². The summed E-state index contributed by atoms with van der Waals surface area (Å²) < 4.78 is 10.6. The van der Waals surface area contributed by atoms with E-state index in [4.69, 9.17) is 32.4 Å². The van der Waals surface area contributed by atoms with Crippen LogP contribution in [0.15, 0.2) is 97.3 Å². The lowest BCUT2D eigenvalue weighted by Gasteiger charge is -2.58. The maximum absolute atomic E-state index is 14.9. The van der Waals surface area contributed by atoms with Crippen molar-refractivity contribution in [2.45, 2.75) is 118 Å². The van der Waals surface area contributed by atoms with E-state index in [-0.39, 0.29) is 31.8 Å². The maximum Gasteiger partial charge on any atom is 0.412 e. The van der Waals surface area contributed by atoms with Gasteiger partial charge in [0, 0.05) is 60.1 Å². The van der Waals surface area contributed by atoms with E-state index >= 15 is 0 Å². The van der Waals surface area contributed by atoms with Crippen LogP contribution in [0.2, 0.25) is 0 Å². The molecule has 8 N–H and O–H groups in total. The largest absolute Gasteiger partial charge is 0.412 e. The van der Waals surface area contributed by atoms with Crippen molar-refractivity contribution in [1.29, 1.82) is 0 Å². The highest BCUT2D eigenvalue weighted by Gasteiger charge is 2.72. The number of ether oxygens (including phenoxy) is 2. The van der Waals surface area contributed by atoms with Gasteiger partial charge in [0.1, 0.15) is 0 Å². The molecule has 3 fully saturated rings. The average molecular weight is 911 g/mol. The second-order valence-electron chi connectivity index (χ2n) is 19.8. The normalized spacial score (nSPS) is 29.5. The summed E-state index contributed by atoms with van der Waals surface area (Å²) >= 11 is 0. The molecule has 350 valence electrons. The molecule has 3 aromatic carbocycles. The van der Waals surface area contributed by atoms with E-state index in [1.54, 1.807) is 12.4 Å². The molecule has 6 unspecified atom stereocenters. The molecule has 7 aliphatic rings. The predicted molar refractivity (Wildman–Crippen MR) is 248 cm³/mol. The number of nitrogens with two attached hydrogens (primary N) is 4. The van der Waals surface area contributed by atoms with E-state index < -0.39 is 81.5 Å². The third kappa shape index (κ3) is 6.50. The van der Waals surface area contributed by atoms with E-state index in [1.807, 2.05) is 109 Å². The Morgan fingerprint density at radius 3 is 1.61 bits per heavy atom. The molecule has 11 rings (SSSR count). The summed E-state index contributed by atoms with van der Waals surface area (Å²) in [5.41, 5.74) is 22.1. The van der Waals surface area contributed by atoms with Crippen molar-refractivity contribution in [3.63, 3.8) is 0 Å². The van der Waals surface area contributed by atoms with Gasteiger partial charge in [0.25, 0.3) is 11.8 Å². The highest BCUT2D eigenvalue weighted by atomic mass is 16.6. The molecule has 1 aromatic heterocycles. The zero-order valence-electron chi connectivity index (χ0n) is 38.3. The fourth-order valence-electron chi connectivity index (χ4n) is 13.7. The van der Waals surface area contributed by atoms with E-state index in [0.717, 1.165) is 27.9 Å². The molecule has 4 aliphatic carbocycles. The number of fused-ring (bicyclic) bond motifs is 6. The number of nitrogens with zero attached hydrogens (tertiary/aromatic N) is 4. The van der Waals surface area contributed by atoms with Crippen molar-refractivity contribution in [3.05, 3.63) is 120 Å². The molecule has 4 aromatic rings. The van der Waals surface area contributed by atoms with Gasteiger partial charge in [-0.15, -0.1) is 0 Å². The molecule has 3 aliphatic heterocycles. The molecule has 4 amide bonds. The van der Waals surface area contributed by atoms with Crippen LogP contribution in [-0.2, 0) is 52.3 Å². The summed E-state index contributed by atoms with van der Waals surface area (Å²) in [5.74, 6) is -4.41. The SMILES string of the molecule is CC1CC(C2CCCN2[C@@](C(N)=O)(C(=O)OC(N)=O)C2(C)Cc3ccc2cc3)N(c2ccc(-c3cccnc3)cc2)[C@]1(C)C1CCCN1[C@@](C(N)=O)(C(=O)OC(N)=O)C1(C)Cc2ccc1cc2. The van der Waals surface area contributed by atoms with Gasteiger partial charge in [0.05, 0.1) is 5.54 Å². The molecule has 3 saturated heterocycles. The summed E-state index contributed by atoms with van der Waals surface area (Å²) in [6.07, 6.45) is 4.02. The zero-order valence-corrected chi connectivity index (χ0v) is 38.3. The van der Waals surface area contributed by atoms with Crippen LogP contribution >= 0.6 is 0 Å². The Balaban J connectivity index is 1.23. The number of benzene rings is 3. The van der Waals surface area contributed by atoms with Gasteiger partial charge < -0.3 is 37.3 Å². The molecule has 0 saturated carbocycles. The number of hydrogen-bond donors (Lipinski definition) is 4. The molecule has 0 spiro atoms. The second kappa shape index (κ2) is 16.3. The molecule has 67 heavy (non-hydrogen) atoms. The highest BCUT2D eigenvalue weighted by molar-refractivity contribution is 6.12. The number of anilines is 1. The van der Waals surface area contributed by atoms with Crippen LogP contribution in [0.3, 0.4) is 0 Å². The number of rotatable bonds is 12. The quantitative estimate of drug-likeness (QED) is 0.114. The van der Waals surface area contributed by atoms with Gasteiger partial charge in [-0.05, 0) is 109 Å². The Hall–Kier alpha value is -6.65. The molecule has 16 heteroatoms. The Labute approximate surface area is 389 Å². The highest BCUT2D eigenvalue weighted by Crippen LogP contribution is 2.57. The van der Waals surface area contributed by atoms with E-state index in [1.165, 1.54) is 0 Å². The average Bonchev–Trinajstić information content (AvgIpc) is 4.04. The van der Waals surface area contributed by atoms with Gasteiger partial charge in [-0.2, -0.15) is 0 Å². The molecular weight excluding hydrogens is 853 g/mol. The van der Waals surface area contributed by atoms with Crippen LogP contribution < -0.4 is 27.8 Å². The first kappa shape index (κ1) is 45.5. The summed E-state index contributed by atoms with van der Waals surface area (Å²) in [6.45, 7) is 8.41. The third-order valence-electron chi connectivity index (χ3n) is 16.7. The summed E-state index contributed by atoms with van der Waals surface area (Å²) in [7, 11) is 0. The smallest absolute Gasteiger partial charge is 0.375 e. The van der Waals surface area contributed by atoms with Gasteiger partial charge in [0.15, 0.2) is 0 Å². The molecule has 4 bridgehead atoms. The number of carbonyl (C=O) groups is 6. The molecule has 0 radical (unpaired) electrons. The van der Waals surface area contributed by atoms with Crippen LogP contribution in [0.1, 0.15) is 82.1 Å². The standard InChI is InChI=1S/C51H58N8O8/c1-30-26-39(38-9-6-24-57(38)50(41(52)60,43(62)66-45(54)64)47(2)27-31-11-17-35(47)18-12-31)59(37-21-15-33(16-22-37)34-8-5-23-56-29-34)49(30,4)40-10-7-25-58(40)51(42(53)61,44(63)67-46(55)65)48(3)28-32-13-19-36(48)20-14-32/h5,8,11-23,29-30,38-40H,6-7,9-10,24-28H2,1-4H3,(H2,52,60)(H2,53,61)(H2,54,64)(H2,55,65)/t30?,38?,39?,40?,47?,48?,49-,50-,51-/m0/s1. The number of aromatic nitrogens is 1. The van der Waals surface area contributed by atoms with Crippen molar-refractivity contribution in [1.82, 2.24) is 14.8 Å². The first-order chi connectivity index (χ1) is 31.8. The number of likely N-dealkylation sites (tertiary alicyclic amines) is 2. The lowest BCUT2D eigenvalue weighted by molar-refractivity contribution is -0.167.